The van der Waals surface area contributed by atoms with Gasteiger partial charge in [0.05, 0.1) is 0 Å². The monoisotopic (exact) mass is 1380 g/mol. The molecule has 0 unspecified atom stereocenters. The maximum Gasteiger partial charge on any atom is -0.00934 e. The average Bonchev–Trinajstić information content (AvgIpc) is 3.07. The number of hydrogen-bond donors (Lipinski definition) is 0. The van der Waals surface area contributed by atoms with Crippen molar-refractivity contribution in [2.24, 2.45) is 0 Å². The smallest absolute Gasteiger partial charge is 0.00934 e. The van der Waals surface area contributed by atoms with Crippen molar-refractivity contribution in [2.75, 3.05) is 0 Å². The molecule has 0 spiro atoms. The van der Waals surface area contributed by atoms with Crippen LogP contribution in [0.15, 0.2) is 0 Å². The predicted octanol–water partition coefficient (Wildman–Crippen LogP) is -42.7. The van der Waals surface area contributed by atoms with Crippen LogP contribution in [0.4, 0.5) is 0 Å². The van der Waals surface area contributed by atoms with Gasteiger partial charge in [0.2, 0.25) is 0 Å². The summed E-state index contributed by atoms with van der Waals surface area (Å²) in [6.45, 7) is 0. The lowest BCUT2D eigenvalue weighted by atomic mass is 26.1. The van der Waals surface area contributed by atoms with Crippen LogP contribution in [0.1, 0.15) is 0 Å². The van der Waals surface area contributed by atoms with Crippen molar-refractivity contribution in [1.29, 1.82) is 0 Å². The molecule has 278 valence electrons. The van der Waals surface area contributed by atoms with E-state index in [1.807, 2.05) is 0 Å². The van der Waals surface area contributed by atoms with Crippen LogP contribution < -0.4 is 0 Å². The van der Waals surface area contributed by atoms with Gasteiger partial charge in [-0.2, -0.15) is 0 Å². The van der Waals surface area contributed by atoms with E-state index in [0.717, 1.165) is 376 Å². The van der Waals surface area contributed by atoms with Gasteiger partial charge in [-0.3, -0.25) is 0 Å². The van der Waals surface area contributed by atoms with E-state index in [2.05, 4.69) is 0 Å². The van der Waals surface area contributed by atoms with Crippen molar-refractivity contribution < 1.29 is 0 Å². The summed E-state index contributed by atoms with van der Waals surface area (Å²) < 4.78 is 0. The van der Waals surface area contributed by atoms with Crippen molar-refractivity contribution in [3.63, 3.8) is 0 Å². The molecule has 46 heteroatoms. The van der Waals surface area contributed by atoms with Crippen molar-refractivity contribution in [2.45, 2.75) is 0 Å². The van der Waals surface area contributed by atoms with E-state index in [1.54, 1.807) is 19.5 Å². The minimum absolute atomic E-state index is 0.819. The molecule has 0 aliphatic carbocycles. The normalized spacial score (nSPS) is 23.2. The van der Waals surface area contributed by atoms with E-state index < -0.39 is 0 Å². The first-order valence-corrected chi connectivity index (χ1v) is 206. The zero-order valence-corrected chi connectivity index (χ0v) is 99.3. The van der Waals surface area contributed by atoms with Crippen molar-refractivity contribution in [1.82, 2.24) is 0 Å². The lowest BCUT2D eigenvalue weighted by molar-refractivity contribution is 3.76. The van der Waals surface area contributed by atoms with Crippen molar-refractivity contribution in [3.8, 4) is 0 Å². The van der Waals surface area contributed by atoms with Crippen LogP contribution in [0.2, 0.25) is 0 Å². The lowest BCUT2D eigenvalue weighted by Crippen LogP contribution is -2.38. The third-order valence-corrected chi connectivity index (χ3v) is 888. The highest BCUT2D eigenvalue weighted by atomic mass is 30.1. The summed E-state index contributed by atoms with van der Waals surface area (Å²) in [7, 11) is 44.4. The summed E-state index contributed by atoms with van der Waals surface area (Å²) in [5.41, 5.74) is 0. The Hall–Kier alpha value is 9.98. The highest BCUT2D eigenvalue weighted by molar-refractivity contribution is 7.79. The maximum absolute atomic E-state index is 1.76. The van der Waals surface area contributed by atoms with Gasteiger partial charge in [0.25, 0.3) is 0 Å². The van der Waals surface area contributed by atoms with Gasteiger partial charge in [-0.1, -0.05) is 0 Å². The first kappa shape index (κ1) is 56.0. The molecule has 0 nitrogen and oxygen atoms in total. The molecule has 0 aliphatic heterocycles. The average molecular weight is 1390 g/mol. The summed E-state index contributed by atoms with van der Waals surface area (Å²) in [5.74, 6) is 0. The van der Waals surface area contributed by atoms with Gasteiger partial charge in [0, 0.05) is 0 Å². The highest BCUT2D eigenvalue weighted by Crippen LogP contribution is 1.65. The van der Waals surface area contributed by atoms with Crippen LogP contribution in [0.3, 0.4) is 0 Å². The summed E-state index contributed by atoms with van der Waals surface area (Å²) >= 11 is 0. The Morgan fingerprint density at radius 1 is 0.109 bits per heavy atom. The maximum atomic E-state index is 1.76. The third-order valence-electron chi connectivity index (χ3n) is 11.0. The predicted molar refractivity (Wildman–Crippen MR) is 396 cm³/mol. The summed E-state index contributed by atoms with van der Waals surface area (Å²) in [6.07, 6.45) is 0. The summed E-state index contributed by atoms with van der Waals surface area (Å²) in [5, 5.41) is 0. The summed E-state index contributed by atoms with van der Waals surface area (Å²) in [6, 6.07) is 0. The standard InChI is InChI=1S/H94Si46/c1-3-5-7-9-11-13-15-17-19-21-23-25-27-29-31-33-35-37-39-41-43-45-46-44-42-40-38-36-34-32-30-28-26-24-22-20-18-16-14-12-10-8-6-4-2/h3-46H2,1-2H3. The second-order valence-electron chi connectivity index (χ2n) is 15.8. The van der Waals surface area contributed by atoms with Crippen LogP contribution >= 0.6 is 0 Å². The van der Waals surface area contributed by atoms with Gasteiger partial charge >= 0.3 is 0 Å². The van der Waals surface area contributed by atoms with E-state index in [-0.39, 0.29) is 0 Å². The zero-order chi connectivity index (χ0) is 33.1. The minimum atomic E-state index is 0.819. The van der Waals surface area contributed by atoms with Gasteiger partial charge in [-0.05, 0) is 396 Å². The van der Waals surface area contributed by atoms with E-state index in [0.29, 0.717) is 0 Å². The van der Waals surface area contributed by atoms with Crippen LogP contribution in [-0.4, -0.2) is 396 Å². The first-order valence-electron chi connectivity index (χ1n) is 22.9. The molecule has 0 rings (SSSR count). The van der Waals surface area contributed by atoms with E-state index in [4.69, 9.17) is 0 Å². The Kier molecular flexibility index (Phi) is 66.9. The fraction of sp³-hybridized carbons (Fsp3) is 0. The van der Waals surface area contributed by atoms with Crippen LogP contribution in [0.25, 0.3) is 0 Å². The molecule has 0 heterocycles. The van der Waals surface area contributed by atoms with E-state index in [1.165, 1.54) is 0 Å². The molecule has 0 aromatic rings. The molecule has 0 amide bonds. The van der Waals surface area contributed by atoms with Gasteiger partial charge in [-0.15, -0.1) is 0 Å². The second kappa shape index (κ2) is 55.0. The Morgan fingerprint density at radius 3 is 0.239 bits per heavy atom. The molecule has 0 aromatic heterocycles. The van der Waals surface area contributed by atoms with Gasteiger partial charge in [0.15, 0.2) is 0 Å². The van der Waals surface area contributed by atoms with Crippen LogP contribution in [-0.2, 0) is 0 Å². The Balaban J connectivity index is 3.03. The molecular formula is H94Si46. The molecule has 0 saturated carbocycles. The third kappa shape index (κ3) is 54.0. The molecule has 0 fully saturated rings. The fourth-order valence-electron chi connectivity index (χ4n) is 7.57. The molecule has 0 N–H and O–H groups in total. The van der Waals surface area contributed by atoms with E-state index in [9.17, 15) is 0 Å². The molecule has 0 saturated heterocycles. The van der Waals surface area contributed by atoms with Gasteiger partial charge in [0.1, 0.15) is 0 Å². The molecule has 0 aromatic carbocycles. The van der Waals surface area contributed by atoms with Crippen molar-refractivity contribution in [3.05, 3.63) is 0 Å². The van der Waals surface area contributed by atoms with Crippen molar-refractivity contribution >= 4 is 396 Å². The number of rotatable bonds is 43. The Labute approximate surface area is 388 Å². The van der Waals surface area contributed by atoms with Crippen LogP contribution in [0, 0.1) is 0 Å². The van der Waals surface area contributed by atoms with Crippen LogP contribution in [0.5, 0.6) is 0 Å². The lowest BCUT2D eigenvalue weighted by Gasteiger charge is -2.00. The largest absolute Gasteiger partial charge is 0.0120 e. The van der Waals surface area contributed by atoms with Gasteiger partial charge < -0.3 is 0 Å². The molecule has 0 radical (unpaired) electrons. The molecule has 0 aliphatic rings. The SMILES string of the molecule is [SiH3][SiH2][SiH2][SiH2][SiH2][SiH2][SiH2][SiH2][SiH2][SiH2][SiH2][SiH2][SiH2][SiH2][SiH2][SiH2][SiH2][SiH2][SiH2][SiH2][SiH2][SiH2][SiH2][SiH2][SiH2][SiH2][SiH2][SiH2][SiH2][SiH2][SiH2][SiH2][SiH2][SiH2][SiH2][SiH2][SiH2][SiH2][SiH2][SiH2][SiH2][SiH2][SiH2][SiH2][SiH2][SiH3]. The minimum Gasteiger partial charge on any atom is -0.0120 e. The molecular weight excluding hydrogens is 1290 g/mol. The molecule has 46 heavy (non-hydrogen) atoms. The molecule has 0 atom stereocenters. The fourth-order valence-corrected chi connectivity index (χ4v) is 1840. The first-order chi connectivity index (χ1) is 22.9. The van der Waals surface area contributed by atoms with E-state index >= 15 is 0 Å². The topological polar surface area (TPSA) is 0 Å². The zero-order valence-electron chi connectivity index (χ0n) is 33.1. The number of hydrogen-bond acceptors (Lipinski definition) is 0. The Morgan fingerprint density at radius 2 is 0.174 bits per heavy atom. The Bertz CT molecular complexity index is 436. The van der Waals surface area contributed by atoms with Gasteiger partial charge in [-0.25, -0.2) is 0 Å². The molecule has 0 bridgehead atoms. The summed E-state index contributed by atoms with van der Waals surface area (Å²) in [4.78, 5) is 0. The quantitative estimate of drug-likeness (QED) is 0.0422. The second-order valence-corrected chi connectivity index (χ2v) is 428. The highest BCUT2D eigenvalue weighted by Gasteiger charge is 2.02.